The zero-order chi connectivity index (χ0) is 14.3. The van der Waals surface area contributed by atoms with E-state index in [1.165, 1.54) is 17.0 Å². The maximum Gasteiger partial charge on any atom is 0.416 e. The fourth-order valence-corrected chi connectivity index (χ4v) is 3.07. The SMILES string of the molecule is CCc1ccc(-c2cc3cc(C(F)(F)F)ccc3[nH]2)s1. The van der Waals surface area contributed by atoms with E-state index in [-0.39, 0.29) is 0 Å². The second-order valence-electron chi connectivity index (χ2n) is 4.60. The van der Waals surface area contributed by atoms with E-state index in [0.29, 0.717) is 5.39 Å². The number of aromatic amines is 1. The summed E-state index contributed by atoms with van der Waals surface area (Å²) >= 11 is 1.66. The zero-order valence-corrected chi connectivity index (χ0v) is 11.5. The molecule has 3 rings (SSSR count). The third kappa shape index (κ3) is 2.33. The van der Waals surface area contributed by atoms with Crippen LogP contribution >= 0.6 is 11.3 Å². The molecule has 1 N–H and O–H groups in total. The van der Waals surface area contributed by atoms with E-state index in [9.17, 15) is 13.2 Å². The Labute approximate surface area is 118 Å². The van der Waals surface area contributed by atoms with Crippen LogP contribution in [0.5, 0.6) is 0 Å². The maximum atomic E-state index is 12.7. The summed E-state index contributed by atoms with van der Waals surface area (Å²) in [6.45, 7) is 2.08. The minimum absolute atomic E-state index is 0.585. The molecule has 0 bridgehead atoms. The van der Waals surface area contributed by atoms with Crippen molar-refractivity contribution < 1.29 is 13.2 Å². The average molecular weight is 295 g/mol. The van der Waals surface area contributed by atoms with Crippen molar-refractivity contribution in [2.24, 2.45) is 0 Å². The van der Waals surface area contributed by atoms with E-state index in [1.54, 1.807) is 17.4 Å². The molecule has 5 heteroatoms. The van der Waals surface area contributed by atoms with Gasteiger partial charge in [0.1, 0.15) is 0 Å². The Kier molecular flexibility index (Phi) is 3.09. The van der Waals surface area contributed by atoms with Crippen LogP contribution in [0.3, 0.4) is 0 Å². The normalized spacial score (nSPS) is 12.2. The highest BCUT2D eigenvalue weighted by Crippen LogP contribution is 2.34. The molecule has 3 aromatic rings. The highest BCUT2D eigenvalue weighted by atomic mass is 32.1. The van der Waals surface area contributed by atoms with Crippen LogP contribution in [0.2, 0.25) is 0 Å². The van der Waals surface area contributed by atoms with Gasteiger partial charge in [-0.1, -0.05) is 6.92 Å². The van der Waals surface area contributed by atoms with Gasteiger partial charge in [0.25, 0.3) is 0 Å². The van der Waals surface area contributed by atoms with Gasteiger partial charge in [0.05, 0.1) is 16.1 Å². The van der Waals surface area contributed by atoms with Crippen LogP contribution in [-0.2, 0) is 12.6 Å². The molecule has 0 aliphatic heterocycles. The summed E-state index contributed by atoms with van der Waals surface area (Å²) in [4.78, 5) is 5.48. The van der Waals surface area contributed by atoms with Gasteiger partial charge in [0, 0.05) is 15.8 Å². The number of aryl methyl sites for hydroxylation is 1. The molecule has 0 amide bonds. The molecule has 0 saturated carbocycles. The third-order valence-corrected chi connectivity index (χ3v) is 4.49. The minimum atomic E-state index is -4.30. The molecule has 0 spiro atoms. The van der Waals surface area contributed by atoms with Crippen molar-refractivity contribution in [3.63, 3.8) is 0 Å². The number of fused-ring (bicyclic) bond motifs is 1. The van der Waals surface area contributed by atoms with Crippen molar-refractivity contribution in [1.29, 1.82) is 0 Å². The Morgan fingerprint density at radius 3 is 2.55 bits per heavy atom. The van der Waals surface area contributed by atoms with Gasteiger partial charge in [-0.25, -0.2) is 0 Å². The molecular weight excluding hydrogens is 283 g/mol. The highest BCUT2D eigenvalue weighted by Gasteiger charge is 2.30. The second kappa shape index (κ2) is 4.66. The minimum Gasteiger partial charge on any atom is -0.354 e. The number of H-pyrrole nitrogens is 1. The van der Waals surface area contributed by atoms with Gasteiger partial charge in [-0.3, -0.25) is 0 Å². The standard InChI is InChI=1S/C15H12F3NS/c1-2-11-4-6-14(20-11)13-8-9-7-10(15(16,17)18)3-5-12(9)19-13/h3-8,19H,2H2,1H3. The average Bonchev–Trinajstić information content (AvgIpc) is 3.02. The lowest BCUT2D eigenvalue weighted by atomic mass is 10.1. The van der Waals surface area contributed by atoms with Gasteiger partial charge >= 0.3 is 6.18 Å². The van der Waals surface area contributed by atoms with Crippen LogP contribution in [0.4, 0.5) is 13.2 Å². The Balaban J connectivity index is 2.06. The van der Waals surface area contributed by atoms with Crippen molar-refractivity contribution in [2.75, 3.05) is 0 Å². The molecule has 2 heterocycles. The van der Waals surface area contributed by atoms with Gasteiger partial charge < -0.3 is 4.98 Å². The van der Waals surface area contributed by atoms with E-state index in [4.69, 9.17) is 0 Å². The van der Waals surface area contributed by atoms with E-state index < -0.39 is 11.7 Å². The molecule has 0 saturated heterocycles. The Hall–Kier alpha value is -1.75. The zero-order valence-electron chi connectivity index (χ0n) is 10.7. The highest BCUT2D eigenvalue weighted by molar-refractivity contribution is 7.15. The van der Waals surface area contributed by atoms with Gasteiger partial charge in [0.15, 0.2) is 0 Å². The van der Waals surface area contributed by atoms with Crippen LogP contribution in [0.1, 0.15) is 17.4 Å². The first-order chi connectivity index (χ1) is 9.47. The van der Waals surface area contributed by atoms with E-state index in [2.05, 4.69) is 11.9 Å². The summed E-state index contributed by atoms with van der Waals surface area (Å²) in [6, 6.07) is 9.59. The predicted molar refractivity (Wildman–Crippen MR) is 76.0 cm³/mol. The van der Waals surface area contributed by atoms with Crippen molar-refractivity contribution >= 4 is 22.2 Å². The Bertz CT molecular complexity index is 752. The molecule has 1 nitrogen and oxygen atoms in total. The topological polar surface area (TPSA) is 15.8 Å². The number of hydrogen-bond donors (Lipinski definition) is 1. The molecule has 0 aliphatic rings. The number of halogens is 3. The summed E-state index contributed by atoms with van der Waals surface area (Å²) in [6.07, 6.45) is -3.34. The van der Waals surface area contributed by atoms with E-state index in [1.807, 2.05) is 12.1 Å². The summed E-state index contributed by atoms with van der Waals surface area (Å²) in [5.74, 6) is 0. The number of hydrogen-bond acceptors (Lipinski definition) is 1. The quantitative estimate of drug-likeness (QED) is 0.644. The molecule has 0 atom stereocenters. The van der Waals surface area contributed by atoms with E-state index >= 15 is 0 Å². The first-order valence-corrected chi connectivity index (χ1v) is 7.08. The summed E-state index contributed by atoms with van der Waals surface area (Å²) < 4.78 is 38.1. The molecule has 104 valence electrons. The third-order valence-electron chi connectivity index (χ3n) is 3.22. The number of benzene rings is 1. The molecule has 0 aliphatic carbocycles. The first-order valence-electron chi connectivity index (χ1n) is 6.26. The maximum absolute atomic E-state index is 12.7. The summed E-state index contributed by atoms with van der Waals surface area (Å²) in [5.41, 5.74) is 0.972. The Morgan fingerprint density at radius 2 is 1.90 bits per heavy atom. The van der Waals surface area contributed by atoms with Crippen LogP contribution < -0.4 is 0 Å². The van der Waals surface area contributed by atoms with E-state index in [0.717, 1.165) is 28.6 Å². The molecule has 0 fully saturated rings. The largest absolute Gasteiger partial charge is 0.416 e. The number of aromatic nitrogens is 1. The predicted octanol–water partition coefficient (Wildman–Crippen LogP) is 5.48. The monoisotopic (exact) mass is 295 g/mol. The molecule has 0 unspecified atom stereocenters. The van der Waals surface area contributed by atoms with Crippen molar-refractivity contribution in [3.8, 4) is 10.6 Å². The smallest absolute Gasteiger partial charge is 0.354 e. The first kappa shape index (κ1) is 13.2. The molecule has 0 radical (unpaired) electrons. The summed E-state index contributed by atoms with van der Waals surface area (Å²) in [7, 11) is 0. The van der Waals surface area contributed by atoms with Crippen LogP contribution in [0, 0.1) is 0 Å². The molecular formula is C15H12F3NS. The lowest BCUT2D eigenvalue weighted by Crippen LogP contribution is -2.03. The van der Waals surface area contributed by atoms with Gasteiger partial charge in [0.2, 0.25) is 0 Å². The molecule has 2 aromatic heterocycles. The number of alkyl halides is 3. The van der Waals surface area contributed by atoms with Crippen LogP contribution in [0.15, 0.2) is 36.4 Å². The van der Waals surface area contributed by atoms with Crippen molar-refractivity contribution in [2.45, 2.75) is 19.5 Å². The van der Waals surface area contributed by atoms with Gasteiger partial charge in [-0.2, -0.15) is 13.2 Å². The lowest BCUT2D eigenvalue weighted by molar-refractivity contribution is -0.137. The van der Waals surface area contributed by atoms with Gasteiger partial charge in [-0.15, -0.1) is 11.3 Å². The van der Waals surface area contributed by atoms with Crippen LogP contribution in [0.25, 0.3) is 21.5 Å². The summed E-state index contributed by atoms with van der Waals surface area (Å²) in [5, 5.41) is 0.585. The fraction of sp³-hybridized carbons (Fsp3) is 0.200. The Morgan fingerprint density at radius 1 is 1.10 bits per heavy atom. The second-order valence-corrected chi connectivity index (χ2v) is 5.77. The number of rotatable bonds is 2. The fourth-order valence-electron chi connectivity index (χ4n) is 2.15. The molecule has 20 heavy (non-hydrogen) atoms. The number of nitrogens with one attached hydrogen (secondary N) is 1. The van der Waals surface area contributed by atoms with Crippen LogP contribution in [-0.4, -0.2) is 4.98 Å². The van der Waals surface area contributed by atoms with Crippen molar-refractivity contribution in [3.05, 3.63) is 46.8 Å². The van der Waals surface area contributed by atoms with Crippen molar-refractivity contribution in [1.82, 2.24) is 4.98 Å². The lowest BCUT2D eigenvalue weighted by Gasteiger charge is -2.05. The van der Waals surface area contributed by atoms with Gasteiger partial charge in [-0.05, 0) is 42.8 Å². The number of thiophene rings is 1. The molecule has 1 aromatic carbocycles.